The molecule has 8 heteroatoms. The molecule has 2 aromatic rings. The van der Waals surface area contributed by atoms with Gasteiger partial charge in [-0.15, -0.1) is 0 Å². The summed E-state index contributed by atoms with van der Waals surface area (Å²) < 4.78 is 39.8. The molecule has 0 unspecified atom stereocenters. The monoisotopic (exact) mass is 338 g/mol. The van der Waals surface area contributed by atoms with Gasteiger partial charge < -0.3 is 10.6 Å². The molecule has 0 saturated carbocycles. The summed E-state index contributed by atoms with van der Waals surface area (Å²) in [5, 5.41) is 5.50. The van der Waals surface area contributed by atoms with E-state index < -0.39 is 28.9 Å². The second kappa shape index (κ2) is 7.76. The van der Waals surface area contributed by atoms with Crippen LogP contribution in [0.4, 0.5) is 19.0 Å². The van der Waals surface area contributed by atoms with Crippen LogP contribution in [0.1, 0.15) is 28.2 Å². The van der Waals surface area contributed by atoms with Gasteiger partial charge in [0, 0.05) is 37.0 Å². The van der Waals surface area contributed by atoms with Crippen molar-refractivity contribution in [3.8, 4) is 0 Å². The maximum Gasteiger partial charge on any atom is 0.257 e. The fraction of sp³-hybridized carbons (Fsp3) is 0.312. The lowest BCUT2D eigenvalue weighted by atomic mass is 10.1. The fourth-order valence-electron chi connectivity index (χ4n) is 2.05. The van der Waals surface area contributed by atoms with E-state index in [1.54, 1.807) is 13.1 Å². The van der Waals surface area contributed by atoms with Crippen LogP contribution in [-0.4, -0.2) is 29.0 Å². The third-order valence-corrected chi connectivity index (χ3v) is 3.26. The Bertz CT molecular complexity index is 729. The molecule has 0 aliphatic carbocycles. The molecule has 24 heavy (non-hydrogen) atoms. The standard InChI is InChI=1S/C16H17F3N4O/c1-9-8-22-10(2)23-15(9)20-4-3-5-21-16(24)14-12(18)6-11(17)7-13(14)19/h6-8H,3-5H2,1-2H3,(H,21,24)(H,20,22,23). The zero-order valence-corrected chi connectivity index (χ0v) is 13.3. The molecule has 0 aliphatic rings. The van der Waals surface area contributed by atoms with Gasteiger partial charge in [-0.05, 0) is 20.3 Å². The summed E-state index contributed by atoms with van der Waals surface area (Å²) >= 11 is 0. The van der Waals surface area contributed by atoms with Crippen molar-refractivity contribution in [1.82, 2.24) is 15.3 Å². The lowest BCUT2D eigenvalue weighted by Crippen LogP contribution is -2.27. The van der Waals surface area contributed by atoms with Crippen LogP contribution in [0.2, 0.25) is 0 Å². The maximum atomic E-state index is 13.5. The van der Waals surface area contributed by atoms with Gasteiger partial charge in [0.25, 0.3) is 5.91 Å². The van der Waals surface area contributed by atoms with Crippen LogP contribution >= 0.6 is 0 Å². The second-order valence-electron chi connectivity index (χ2n) is 5.23. The number of benzene rings is 1. The fourth-order valence-corrected chi connectivity index (χ4v) is 2.05. The van der Waals surface area contributed by atoms with Gasteiger partial charge in [0.15, 0.2) is 0 Å². The van der Waals surface area contributed by atoms with E-state index >= 15 is 0 Å². The molecule has 1 amide bonds. The molecule has 0 bridgehead atoms. The highest BCUT2D eigenvalue weighted by Crippen LogP contribution is 2.14. The number of hydrogen-bond donors (Lipinski definition) is 2. The summed E-state index contributed by atoms with van der Waals surface area (Å²) in [6.45, 7) is 4.34. The lowest BCUT2D eigenvalue weighted by Gasteiger charge is -2.10. The summed E-state index contributed by atoms with van der Waals surface area (Å²) in [5.41, 5.74) is 0.103. The van der Waals surface area contributed by atoms with Crippen molar-refractivity contribution in [2.24, 2.45) is 0 Å². The van der Waals surface area contributed by atoms with E-state index in [4.69, 9.17) is 0 Å². The van der Waals surface area contributed by atoms with Crippen LogP contribution in [0.5, 0.6) is 0 Å². The van der Waals surface area contributed by atoms with Crippen molar-refractivity contribution in [3.05, 3.63) is 52.7 Å². The van der Waals surface area contributed by atoms with Gasteiger partial charge in [0.05, 0.1) is 0 Å². The molecule has 128 valence electrons. The smallest absolute Gasteiger partial charge is 0.257 e. The van der Waals surface area contributed by atoms with Gasteiger partial charge in [-0.3, -0.25) is 4.79 Å². The first kappa shape index (κ1) is 17.7. The van der Waals surface area contributed by atoms with Gasteiger partial charge in [-0.2, -0.15) is 0 Å². The molecule has 0 radical (unpaired) electrons. The number of carbonyl (C=O) groups is 1. The Morgan fingerprint density at radius 1 is 1.12 bits per heavy atom. The Morgan fingerprint density at radius 3 is 2.46 bits per heavy atom. The Kier molecular flexibility index (Phi) is 5.73. The predicted octanol–water partition coefficient (Wildman–Crippen LogP) is 2.74. The normalized spacial score (nSPS) is 10.5. The highest BCUT2D eigenvalue weighted by Gasteiger charge is 2.18. The molecule has 2 rings (SSSR count). The highest BCUT2D eigenvalue weighted by atomic mass is 19.1. The number of carbonyl (C=O) groups excluding carboxylic acids is 1. The van der Waals surface area contributed by atoms with E-state index in [-0.39, 0.29) is 6.54 Å². The van der Waals surface area contributed by atoms with Crippen molar-refractivity contribution >= 4 is 11.7 Å². The molecular weight excluding hydrogens is 321 g/mol. The summed E-state index contributed by atoms with van der Waals surface area (Å²) in [5.74, 6) is -3.10. The molecule has 2 N–H and O–H groups in total. The Hall–Kier alpha value is -2.64. The van der Waals surface area contributed by atoms with Crippen LogP contribution in [0.15, 0.2) is 18.3 Å². The van der Waals surface area contributed by atoms with E-state index in [0.717, 1.165) is 5.56 Å². The van der Waals surface area contributed by atoms with Crippen LogP contribution in [0.3, 0.4) is 0 Å². The van der Waals surface area contributed by atoms with E-state index in [2.05, 4.69) is 20.6 Å². The van der Waals surface area contributed by atoms with E-state index in [9.17, 15) is 18.0 Å². The van der Waals surface area contributed by atoms with E-state index in [1.807, 2.05) is 6.92 Å². The Balaban J connectivity index is 1.82. The third-order valence-electron chi connectivity index (χ3n) is 3.26. The Labute approximate surface area is 137 Å². The zero-order valence-electron chi connectivity index (χ0n) is 13.3. The predicted molar refractivity (Wildman–Crippen MR) is 83.3 cm³/mol. The van der Waals surface area contributed by atoms with Crippen LogP contribution in [0, 0.1) is 31.3 Å². The number of rotatable bonds is 6. The van der Waals surface area contributed by atoms with Crippen LogP contribution < -0.4 is 10.6 Å². The first-order valence-corrected chi connectivity index (χ1v) is 7.35. The summed E-state index contributed by atoms with van der Waals surface area (Å²) in [7, 11) is 0. The third kappa shape index (κ3) is 4.43. The maximum absolute atomic E-state index is 13.5. The van der Waals surface area contributed by atoms with Crippen molar-refractivity contribution in [2.75, 3.05) is 18.4 Å². The minimum absolute atomic E-state index is 0.200. The van der Waals surface area contributed by atoms with Gasteiger partial charge in [0.2, 0.25) is 0 Å². The average Bonchev–Trinajstić information content (AvgIpc) is 2.49. The zero-order chi connectivity index (χ0) is 17.7. The SMILES string of the molecule is Cc1ncc(C)c(NCCCNC(=O)c2c(F)cc(F)cc2F)n1. The molecule has 0 atom stereocenters. The number of halogens is 3. The first-order chi connectivity index (χ1) is 11.4. The number of aromatic nitrogens is 2. The van der Waals surface area contributed by atoms with Gasteiger partial charge in [0.1, 0.15) is 34.7 Å². The molecular formula is C16H17F3N4O. The number of aryl methyl sites for hydroxylation is 2. The Morgan fingerprint density at radius 2 is 1.79 bits per heavy atom. The van der Waals surface area contributed by atoms with Gasteiger partial charge >= 0.3 is 0 Å². The molecule has 5 nitrogen and oxygen atoms in total. The topological polar surface area (TPSA) is 66.9 Å². The largest absolute Gasteiger partial charge is 0.370 e. The van der Waals surface area contributed by atoms with Crippen LogP contribution in [-0.2, 0) is 0 Å². The average molecular weight is 338 g/mol. The van der Waals surface area contributed by atoms with Gasteiger partial charge in [-0.25, -0.2) is 23.1 Å². The van der Waals surface area contributed by atoms with Gasteiger partial charge in [-0.1, -0.05) is 0 Å². The molecule has 1 aromatic heterocycles. The quantitative estimate of drug-likeness (QED) is 0.795. The molecule has 1 aromatic carbocycles. The molecule has 0 fully saturated rings. The number of nitrogens with one attached hydrogen (secondary N) is 2. The lowest BCUT2D eigenvalue weighted by molar-refractivity contribution is 0.0945. The second-order valence-corrected chi connectivity index (χ2v) is 5.23. The molecule has 0 aliphatic heterocycles. The number of nitrogens with zero attached hydrogens (tertiary/aromatic N) is 2. The van der Waals surface area contributed by atoms with E-state index in [1.165, 1.54) is 0 Å². The van der Waals surface area contributed by atoms with Crippen molar-refractivity contribution in [1.29, 1.82) is 0 Å². The van der Waals surface area contributed by atoms with Crippen molar-refractivity contribution in [2.45, 2.75) is 20.3 Å². The van der Waals surface area contributed by atoms with Crippen molar-refractivity contribution in [3.63, 3.8) is 0 Å². The minimum atomic E-state index is -1.23. The number of amides is 1. The van der Waals surface area contributed by atoms with Crippen molar-refractivity contribution < 1.29 is 18.0 Å². The summed E-state index contributed by atoms with van der Waals surface area (Å²) in [4.78, 5) is 20.1. The molecule has 0 saturated heterocycles. The minimum Gasteiger partial charge on any atom is -0.370 e. The first-order valence-electron chi connectivity index (χ1n) is 7.35. The summed E-state index contributed by atoms with van der Waals surface area (Å²) in [6, 6.07) is 0.944. The highest BCUT2D eigenvalue weighted by molar-refractivity contribution is 5.94. The molecule has 1 heterocycles. The van der Waals surface area contributed by atoms with E-state index in [0.29, 0.717) is 36.7 Å². The molecule has 0 spiro atoms. The number of anilines is 1. The van der Waals surface area contributed by atoms with Crippen LogP contribution in [0.25, 0.3) is 0 Å². The number of hydrogen-bond acceptors (Lipinski definition) is 4. The summed E-state index contributed by atoms with van der Waals surface area (Å²) in [6.07, 6.45) is 2.21.